The first kappa shape index (κ1) is 35.3. The van der Waals surface area contributed by atoms with E-state index in [1.807, 2.05) is 59.7 Å². The van der Waals surface area contributed by atoms with Gasteiger partial charge in [0.2, 0.25) is 0 Å². The minimum atomic E-state index is -0.922. The van der Waals surface area contributed by atoms with Crippen molar-refractivity contribution in [2.75, 3.05) is 20.7 Å². The van der Waals surface area contributed by atoms with E-state index in [4.69, 9.17) is 14.2 Å². The Morgan fingerprint density at radius 3 is 2.34 bits per heavy atom. The largest absolute Gasteiger partial charge is 0.461 e. The number of nitrogens with zero attached hydrogens (tertiary/aromatic N) is 1. The lowest BCUT2D eigenvalue weighted by molar-refractivity contribution is -0.280. The highest BCUT2D eigenvalue weighted by Gasteiger charge is 2.42. The van der Waals surface area contributed by atoms with Gasteiger partial charge in [0.25, 0.3) is 0 Å². The standard InChI is InChI=1S/C32H53NO8/c1-9-28-25(18-35)14-19(2)10-11-27(36)20(3)16-24(12-13-34)30(21(4)15-22(5)31(38)40-28)41-32-29(37)26(33(7)8)17-23(6)39-32/h10-11,13-14,20-26,28-30,32,35,37H,9,12,15-18H2,1-8H3/b11-10+,19-14+/t20-,21+,22-,23-,24+,25-,26+,28-,29-,30-,32+/m1/s1. The number of aldehydes is 1. The van der Waals surface area contributed by atoms with E-state index >= 15 is 0 Å². The smallest absolute Gasteiger partial charge is 0.308 e. The predicted molar refractivity (Wildman–Crippen MR) is 157 cm³/mol. The molecule has 2 N–H and O–H groups in total. The van der Waals surface area contributed by atoms with Gasteiger partial charge in [0.1, 0.15) is 18.5 Å². The minimum Gasteiger partial charge on any atom is -0.461 e. The van der Waals surface area contributed by atoms with Gasteiger partial charge in [-0.1, -0.05) is 45.4 Å². The summed E-state index contributed by atoms with van der Waals surface area (Å²) in [6, 6.07) is -0.170. The number of aliphatic hydroxyl groups excluding tert-OH is 2. The van der Waals surface area contributed by atoms with Crippen molar-refractivity contribution in [1.82, 2.24) is 4.90 Å². The third kappa shape index (κ3) is 10.1. The third-order valence-corrected chi connectivity index (χ3v) is 8.61. The molecule has 1 fully saturated rings. The summed E-state index contributed by atoms with van der Waals surface area (Å²) >= 11 is 0. The van der Waals surface area contributed by atoms with Crippen LogP contribution in [0.5, 0.6) is 0 Å². The first-order chi connectivity index (χ1) is 19.3. The Hall–Kier alpha value is -1.91. The first-order valence-corrected chi connectivity index (χ1v) is 15.1. The summed E-state index contributed by atoms with van der Waals surface area (Å²) < 4.78 is 18.5. The number of likely N-dealkylation sites (N-methyl/N-ethyl adjacent to an activating group) is 1. The molecular formula is C32H53NO8. The van der Waals surface area contributed by atoms with Crippen molar-refractivity contribution in [3.63, 3.8) is 0 Å². The second kappa shape index (κ2) is 16.7. The average molecular weight is 580 g/mol. The number of hydrogen-bond donors (Lipinski definition) is 2. The second-order valence-corrected chi connectivity index (χ2v) is 12.5. The summed E-state index contributed by atoms with van der Waals surface area (Å²) in [6.07, 6.45) is 5.00. The van der Waals surface area contributed by atoms with Crippen molar-refractivity contribution < 1.29 is 38.8 Å². The highest BCUT2D eigenvalue weighted by Crippen LogP contribution is 2.34. The summed E-state index contributed by atoms with van der Waals surface area (Å²) in [7, 11) is 3.81. The van der Waals surface area contributed by atoms with Crippen molar-refractivity contribution in [2.24, 2.45) is 29.6 Å². The van der Waals surface area contributed by atoms with Gasteiger partial charge in [-0.05, 0) is 71.5 Å². The molecule has 1 saturated heterocycles. The summed E-state index contributed by atoms with van der Waals surface area (Å²) in [5.74, 6) is -2.27. The Morgan fingerprint density at radius 2 is 1.76 bits per heavy atom. The van der Waals surface area contributed by atoms with E-state index in [9.17, 15) is 24.6 Å². The van der Waals surface area contributed by atoms with Gasteiger partial charge < -0.3 is 34.1 Å². The van der Waals surface area contributed by atoms with Crippen LogP contribution in [0.1, 0.15) is 73.6 Å². The van der Waals surface area contributed by atoms with Crippen LogP contribution in [0.4, 0.5) is 0 Å². The van der Waals surface area contributed by atoms with E-state index < -0.39 is 36.4 Å². The van der Waals surface area contributed by atoms with Crippen LogP contribution in [0.3, 0.4) is 0 Å². The molecular weight excluding hydrogens is 526 g/mol. The van der Waals surface area contributed by atoms with E-state index in [1.165, 1.54) is 6.08 Å². The zero-order valence-corrected chi connectivity index (χ0v) is 26.2. The molecule has 0 saturated carbocycles. The second-order valence-electron chi connectivity index (χ2n) is 12.5. The average Bonchev–Trinajstić information content (AvgIpc) is 2.92. The molecule has 9 nitrogen and oxygen atoms in total. The molecule has 0 aromatic rings. The van der Waals surface area contributed by atoms with Crippen LogP contribution in [-0.2, 0) is 28.6 Å². The molecule has 41 heavy (non-hydrogen) atoms. The van der Waals surface area contributed by atoms with Gasteiger partial charge in [-0.15, -0.1) is 0 Å². The number of carbonyl (C=O) groups excluding carboxylic acids is 3. The number of cyclic esters (lactones) is 1. The molecule has 2 aliphatic rings. The van der Waals surface area contributed by atoms with Crippen LogP contribution in [0.2, 0.25) is 0 Å². The van der Waals surface area contributed by atoms with E-state index in [-0.39, 0.29) is 54.7 Å². The van der Waals surface area contributed by atoms with Gasteiger partial charge in [-0.25, -0.2) is 0 Å². The summed E-state index contributed by atoms with van der Waals surface area (Å²) in [5.41, 5.74) is 0.784. The number of ether oxygens (including phenoxy) is 3. The van der Waals surface area contributed by atoms with Gasteiger partial charge in [0.15, 0.2) is 12.1 Å². The lowest BCUT2D eigenvalue weighted by Crippen LogP contribution is -2.55. The molecule has 0 aromatic heterocycles. The van der Waals surface area contributed by atoms with Crippen molar-refractivity contribution in [2.45, 2.75) is 110 Å². The van der Waals surface area contributed by atoms with Crippen LogP contribution in [-0.4, -0.2) is 90.6 Å². The van der Waals surface area contributed by atoms with Crippen LogP contribution in [0.25, 0.3) is 0 Å². The molecule has 2 aliphatic heterocycles. The van der Waals surface area contributed by atoms with E-state index in [0.29, 0.717) is 25.7 Å². The quantitative estimate of drug-likeness (QED) is 0.343. The normalized spacial score (nSPS) is 40.5. The molecule has 0 radical (unpaired) electrons. The summed E-state index contributed by atoms with van der Waals surface area (Å²) in [4.78, 5) is 40.2. The molecule has 9 heteroatoms. The van der Waals surface area contributed by atoms with Crippen LogP contribution >= 0.6 is 0 Å². The maximum atomic E-state index is 13.2. The summed E-state index contributed by atoms with van der Waals surface area (Å²) in [6.45, 7) is 11.1. The zero-order chi connectivity index (χ0) is 30.9. The number of hydrogen-bond acceptors (Lipinski definition) is 9. The highest BCUT2D eigenvalue weighted by atomic mass is 16.7. The number of ketones is 1. The molecule has 0 aliphatic carbocycles. The molecule has 0 spiro atoms. The van der Waals surface area contributed by atoms with Crippen molar-refractivity contribution in [3.8, 4) is 0 Å². The van der Waals surface area contributed by atoms with E-state index in [2.05, 4.69) is 0 Å². The summed E-state index contributed by atoms with van der Waals surface area (Å²) in [5, 5.41) is 21.2. The van der Waals surface area contributed by atoms with Crippen molar-refractivity contribution in [3.05, 3.63) is 23.8 Å². The lowest BCUT2D eigenvalue weighted by Gasteiger charge is -2.44. The lowest BCUT2D eigenvalue weighted by atomic mass is 9.79. The topological polar surface area (TPSA) is 123 Å². The van der Waals surface area contributed by atoms with Crippen LogP contribution < -0.4 is 0 Å². The van der Waals surface area contributed by atoms with Gasteiger partial charge in [0, 0.05) is 24.3 Å². The molecule has 0 aromatic carbocycles. The highest BCUT2D eigenvalue weighted by molar-refractivity contribution is 5.91. The molecule has 0 bridgehead atoms. The van der Waals surface area contributed by atoms with Crippen molar-refractivity contribution >= 4 is 18.0 Å². The third-order valence-electron chi connectivity index (χ3n) is 8.61. The van der Waals surface area contributed by atoms with E-state index in [1.54, 1.807) is 13.0 Å². The maximum Gasteiger partial charge on any atom is 0.308 e. The fourth-order valence-electron chi connectivity index (χ4n) is 6.15. The fourth-order valence-corrected chi connectivity index (χ4v) is 6.15. The minimum absolute atomic E-state index is 0.0743. The number of aliphatic hydroxyl groups is 2. The van der Waals surface area contributed by atoms with Gasteiger partial charge in [-0.3, -0.25) is 9.59 Å². The fraction of sp³-hybridized carbons (Fsp3) is 0.781. The molecule has 2 heterocycles. The SMILES string of the molecule is CC[C@H]1OC(=O)[C@H](C)C[C@H](C)[C@@H](O[C@@H]2O[C@H](C)C[C@H](N(C)C)[C@H]2O)[C@@H](CC=O)C[C@@H](C)C(=O)/C=C/C(C)=C/[C@@H]1CO. The van der Waals surface area contributed by atoms with Crippen LogP contribution in [0, 0.1) is 29.6 Å². The monoisotopic (exact) mass is 579 g/mol. The Morgan fingerprint density at radius 1 is 1.07 bits per heavy atom. The number of esters is 1. The van der Waals surface area contributed by atoms with Gasteiger partial charge >= 0.3 is 5.97 Å². The Kier molecular flexibility index (Phi) is 14.3. The Balaban J connectivity index is 2.49. The molecule has 11 atom stereocenters. The Labute approximate surface area is 246 Å². The van der Waals surface area contributed by atoms with E-state index in [0.717, 1.165) is 11.9 Å². The zero-order valence-electron chi connectivity index (χ0n) is 26.2. The van der Waals surface area contributed by atoms with Gasteiger partial charge in [0.05, 0.1) is 24.7 Å². The number of rotatable bonds is 7. The maximum absolute atomic E-state index is 13.2. The molecule has 0 unspecified atom stereocenters. The molecule has 2 rings (SSSR count). The number of allylic oxidation sites excluding steroid dienone is 3. The first-order valence-electron chi connectivity index (χ1n) is 15.1. The van der Waals surface area contributed by atoms with Crippen molar-refractivity contribution in [1.29, 1.82) is 0 Å². The van der Waals surface area contributed by atoms with Gasteiger partial charge in [-0.2, -0.15) is 0 Å². The predicted octanol–water partition coefficient (Wildman–Crippen LogP) is 3.71. The van der Waals surface area contributed by atoms with Crippen LogP contribution in [0.15, 0.2) is 23.8 Å². The number of carbonyl (C=O) groups is 3. The molecule has 234 valence electrons. The molecule has 0 amide bonds. The Bertz CT molecular complexity index is 917.